The summed E-state index contributed by atoms with van der Waals surface area (Å²) in [6.45, 7) is 0.00308. The van der Waals surface area contributed by atoms with Crippen molar-refractivity contribution in [1.29, 1.82) is 0 Å². The van der Waals surface area contributed by atoms with Crippen molar-refractivity contribution in [3.63, 3.8) is 0 Å². The molecule has 11 heteroatoms. The number of rotatable bonds is 5. The summed E-state index contributed by atoms with van der Waals surface area (Å²) in [5.74, 6) is 0.0928. The molecule has 5 rings (SSSR count). The molecule has 0 fully saturated rings. The van der Waals surface area contributed by atoms with Gasteiger partial charge in [0.1, 0.15) is 12.1 Å². The lowest BCUT2D eigenvalue weighted by Crippen LogP contribution is -2.27. The van der Waals surface area contributed by atoms with Crippen LogP contribution in [-0.4, -0.2) is 43.6 Å². The molecule has 0 radical (unpaired) electrons. The number of benzene rings is 2. The van der Waals surface area contributed by atoms with Crippen molar-refractivity contribution in [2.45, 2.75) is 6.04 Å². The van der Waals surface area contributed by atoms with Gasteiger partial charge in [0.05, 0.1) is 11.4 Å². The zero-order chi connectivity index (χ0) is 21.2. The molecule has 10 nitrogen and oxygen atoms in total. The summed E-state index contributed by atoms with van der Waals surface area (Å²) in [4.78, 5) is 29.1. The number of amides is 2. The number of hydrogen-bond acceptors (Lipinski definition) is 8. The molecule has 0 spiro atoms. The Morgan fingerprint density at radius 3 is 2.90 bits per heavy atom. The molecule has 0 aliphatic carbocycles. The normalized spacial score (nSPS) is 13.6. The van der Waals surface area contributed by atoms with Crippen LogP contribution in [0.4, 0.5) is 10.8 Å². The average molecular weight is 433 g/mol. The van der Waals surface area contributed by atoms with Gasteiger partial charge in [0.25, 0.3) is 11.8 Å². The van der Waals surface area contributed by atoms with Crippen LogP contribution in [0.1, 0.15) is 11.6 Å². The van der Waals surface area contributed by atoms with Gasteiger partial charge >= 0.3 is 0 Å². The van der Waals surface area contributed by atoms with E-state index in [9.17, 15) is 9.59 Å². The van der Waals surface area contributed by atoms with Crippen LogP contribution in [0.5, 0.6) is 5.75 Å². The Labute approximate surface area is 179 Å². The third-order valence-corrected chi connectivity index (χ3v) is 5.39. The van der Waals surface area contributed by atoms with Crippen LogP contribution in [0.25, 0.3) is 11.3 Å². The number of nitrogens with zero attached hydrogens (tertiary/aromatic N) is 5. The first kappa shape index (κ1) is 18.9. The Hall–Kier alpha value is -4.12. The highest BCUT2D eigenvalue weighted by molar-refractivity contribution is 7.14. The van der Waals surface area contributed by atoms with Gasteiger partial charge in [-0.05, 0) is 34.2 Å². The van der Waals surface area contributed by atoms with Gasteiger partial charge in [0.15, 0.2) is 17.8 Å². The Bertz CT molecular complexity index is 1240. The second-order valence-corrected chi connectivity index (χ2v) is 7.54. The summed E-state index contributed by atoms with van der Waals surface area (Å²) in [5, 5.41) is 19.1. The number of tetrazole rings is 1. The van der Waals surface area contributed by atoms with Gasteiger partial charge in [0, 0.05) is 10.9 Å². The van der Waals surface area contributed by atoms with E-state index in [1.165, 1.54) is 22.3 Å². The molecule has 1 unspecified atom stereocenters. The molecule has 2 aromatic carbocycles. The van der Waals surface area contributed by atoms with Crippen molar-refractivity contribution >= 4 is 34.0 Å². The van der Waals surface area contributed by atoms with Crippen molar-refractivity contribution in [2.24, 2.45) is 0 Å². The van der Waals surface area contributed by atoms with Crippen LogP contribution < -0.4 is 15.4 Å². The Kier molecular flexibility index (Phi) is 4.84. The van der Waals surface area contributed by atoms with E-state index in [0.29, 0.717) is 22.3 Å². The highest BCUT2D eigenvalue weighted by Gasteiger charge is 2.25. The van der Waals surface area contributed by atoms with Crippen molar-refractivity contribution in [3.8, 4) is 17.0 Å². The maximum Gasteiger partial charge on any atom is 0.262 e. The highest BCUT2D eigenvalue weighted by atomic mass is 32.1. The molecule has 2 N–H and O–H groups in total. The van der Waals surface area contributed by atoms with Gasteiger partial charge in [0.2, 0.25) is 0 Å². The third kappa shape index (κ3) is 3.85. The largest absolute Gasteiger partial charge is 0.482 e. The third-order valence-electron chi connectivity index (χ3n) is 4.64. The second-order valence-electron chi connectivity index (χ2n) is 6.68. The molecule has 154 valence electrons. The first-order valence-electron chi connectivity index (χ1n) is 9.28. The van der Waals surface area contributed by atoms with E-state index in [1.807, 2.05) is 41.8 Å². The SMILES string of the molecule is O=C1COc2ccc(-c3csc(NC(=O)C(c4ccccc4)n4cnnn4)n3)cc2N1. The summed E-state index contributed by atoms with van der Waals surface area (Å²) in [6, 6.07) is 13.9. The smallest absolute Gasteiger partial charge is 0.262 e. The molecule has 1 atom stereocenters. The van der Waals surface area contributed by atoms with E-state index >= 15 is 0 Å². The van der Waals surface area contributed by atoms with Gasteiger partial charge in [-0.2, -0.15) is 0 Å². The lowest BCUT2D eigenvalue weighted by atomic mass is 10.1. The van der Waals surface area contributed by atoms with Crippen LogP contribution in [-0.2, 0) is 9.59 Å². The standard InChI is InChI=1S/C20H15N7O3S/c28-17-9-30-16-7-6-13(8-14(16)22-17)15-10-31-20(23-15)24-19(29)18(27-11-21-25-26-27)12-4-2-1-3-5-12/h1-8,10-11,18H,9H2,(H,22,28)(H,23,24,29). The van der Waals surface area contributed by atoms with E-state index in [0.717, 1.165) is 11.1 Å². The van der Waals surface area contributed by atoms with Gasteiger partial charge in [-0.25, -0.2) is 9.67 Å². The molecule has 0 bridgehead atoms. The minimum atomic E-state index is -0.736. The first-order valence-corrected chi connectivity index (χ1v) is 10.2. The fourth-order valence-corrected chi connectivity index (χ4v) is 3.95. The summed E-state index contributed by atoms with van der Waals surface area (Å²) in [7, 11) is 0. The van der Waals surface area contributed by atoms with Crippen molar-refractivity contribution in [2.75, 3.05) is 17.2 Å². The highest BCUT2D eigenvalue weighted by Crippen LogP contribution is 2.34. The van der Waals surface area contributed by atoms with Gasteiger partial charge in [-0.1, -0.05) is 30.3 Å². The molecule has 1 aliphatic rings. The fraction of sp³-hybridized carbons (Fsp3) is 0.100. The number of carbonyl (C=O) groups is 2. The molecule has 0 saturated carbocycles. The molecular formula is C20H15N7O3S. The maximum absolute atomic E-state index is 13.1. The number of ether oxygens (including phenoxy) is 1. The number of carbonyl (C=O) groups excluding carboxylic acids is 2. The Morgan fingerprint density at radius 1 is 1.23 bits per heavy atom. The number of anilines is 2. The van der Waals surface area contributed by atoms with E-state index in [2.05, 4.69) is 31.1 Å². The molecule has 3 heterocycles. The van der Waals surface area contributed by atoms with Crippen molar-refractivity contribution in [1.82, 2.24) is 25.2 Å². The van der Waals surface area contributed by atoms with E-state index in [1.54, 1.807) is 12.1 Å². The molecule has 1 aliphatic heterocycles. The minimum Gasteiger partial charge on any atom is -0.482 e. The quantitative estimate of drug-likeness (QED) is 0.495. The number of aromatic nitrogens is 5. The predicted octanol–water partition coefficient (Wildman–Crippen LogP) is 2.36. The lowest BCUT2D eigenvalue weighted by molar-refractivity contribution is -0.119. The lowest BCUT2D eigenvalue weighted by Gasteiger charge is -2.18. The number of hydrogen-bond donors (Lipinski definition) is 2. The Balaban J connectivity index is 1.38. The van der Waals surface area contributed by atoms with Crippen molar-refractivity contribution in [3.05, 3.63) is 65.8 Å². The van der Waals surface area contributed by atoms with Crippen LogP contribution >= 0.6 is 11.3 Å². The molecule has 2 aromatic heterocycles. The molecule has 4 aromatic rings. The average Bonchev–Trinajstić information content (AvgIpc) is 3.47. The number of thiazole rings is 1. The van der Waals surface area contributed by atoms with Gasteiger partial charge in [-0.15, -0.1) is 16.4 Å². The topological polar surface area (TPSA) is 124 Å². The maximum atomic E-state index is 13.1. The summed E-state index contributed by atoms with van der Waals surface area (Å²) >= 11 is 1.30. The van der Waals surface area contributed by atoms with Crippen LogP contribution in [0, 0.1) is 0 Å². The summed E-state index contributed by atoms with van der Waals surface area (Å²) in [6.07, 6.45) is 1.40. The molecule has 31 heavy (non-hydrogen) atoms. The number of nitrogens with one attached hydrogen (secondary N) is 2. The zero-order valence-corrected chi connectivity index (χ0v) is 16.7. The van der Waals surface area contributed by atoms with Crippen LogP contribution in [0.15, 0.2) is 60.2 Å². The van der Waals surface area contributed by atoms with Crippen molar-refractivity contribution < 1.29 is 14.3 Å². The van der Waals surface area contributed by atoms with E-state index in [-0.39, 0.29) is 18.4 Å². The van der Waals surface area contributed by atoms with Crippen LogP contribution in [0.3, 0.4) is 0 Å². The second kappa shape index (κ2) is 7.95. The molecular weight excluding hydrogens is 418 g/mol. The van der Waals surface area contributed by atoms with Gasteiger partial charge < -0.3 is 10.1 Å². The Morgan fingerprint density at radius 2 is 2.10 bits per heavy atom. The first-order chi connectivity index (χ1) is 15.2. The minimum absolute atomic E-state index is 0.00308. The summed E-state index contributed by atoms with van der Waals surface area (Å²) in [5.41, 5.74) is 2.80. The van der Waals surface area contributed by atoms with Crippen LogP contribution in [0.2, 0.25) is 0 Å². The monoisotopic (exact) mass is 433 g/mol. The predicted molar refractivity (Wildman–Crippen MR) is 113 cm³/mol. The molecule has 0 saturated heterocycles. The molecule has 2 amide bonds. The van der Waals surface area contributed by atoms with Gasteiger partial charge in [-0.3, -0.25) is 14.9 Å². The zero-order valence-electron chi connectivity index (χ0n) is 15.9. The van der Waals surface area contributed by atoms with E-state index in [4.69, 9.17) is 4.74 Å². The fourth-order valence-electron chi connectivity index (χ4n) is 3.23. The number of fused-ring (bicyclic) bond motifs is 1. The summed E-state index contributed by atoms with van der Waals surface area (Å²) < 4.78 is 6.78. The van der Waals surface area contributed by atoms with E-state index < -0.39 is 6.04 Å².